The van der Waals surface area contributed by atoms with Crippen molar-refractivity contribution in [2.45, 2.75) is 12.6 Å². The van der Waals surface area contributed by atoms with Gasteiger partial charge in [0.25, 0.3) is 5.72 Å². The molecule has 0 fully saturated rings. The number of carbonyl (C=O) groups excluding carboxylic acids is 1. The zero-order valence-electron chi connectivity index (χ0n) is 8.14. The zero-order valence-corrected chi connectivity index (χ0v) is 8.14. The van der Waals surface area contributed by atoms with Gasteiger partial charge in [-0.2, -0.15) is 0 Å². The van der Waals surface area contributed by atoms with E-state index in [-0.39, 0.29) is 5.56 Å². The maximum absolute atomic E-state index is 11.0. The SMILES string of the molecule is CC(=O)OC(N)(C(=O)O)c1ccccc1. The Labute approximate surface area is 86.5 Å². The maximum Gasteiger partial charge on any atom is 0.368 e. The second kappa shape index (κ2) is 4.10. The van der Waals surface area contributed by atoms with Gasteiger partial charge in [-0.1, -0.05) is 30.3 Å². The van der Waals surface area contributed by atoms with E-state index in [1.807, 2.05) is 0 Å². The van der Waals surface area contributed by atoms with E-state index in [9.17, 15) is 9.59 Å². The summed E-state index contributed by atoms with van der Waals surface area (Å²) in [5, 5.41) is 8.93. The number of rotatable bonds is 3. The first-order chi connectivity index (χ1) is 6.97. The molecule has 3 N–H and O–H groups in total. The number of aliphatic carboxylic acids is 1. The van der Waals surface area contributed by atoms with E-state index in [2.05, 4.69) is 4.74 Å². The second-order valence-electron chi connectivity index (χ2n) is 3.00. The lowest BCUT2D eigenvalue weighted by Gasteiger charge is -2.24. The van der Waals surface area contributed by atoms with Crippen molar-refractivity contribution in [1.82, 2.24) is 0 Å². The molecule has 0 aromatic heterocycles. The number of carboxylic acid groups (broad SMARTS) is 1. The number of carboxylic acids is 1. The summed E-state index contributed by atoms with van der Waals surface area (Å²) < 4.78 is 4.62. The first-order valence-electron chi connectivity index (χ1n) is 4.24. The van der Waals surface area contributed by atoms with Crippen molar-refractivity contribution in [2.75, 3.05) is 0 Å². The summed E-state index contributed by atoms with van der Waals surface area (Å²) in [7, 11) is 0. The van der Waals surface area contributed by atoms with Crippen LogP contribution in [0, 0.1) is 0 Å². The van der Waals surface area contributed by atoms with Crippen LogP contribution in [0.5, 0.6) is 0 Å². The minimum atomic E-state index is -2.12. The molecule has 1 aromatic carbocycles. The van der Waals surface area contributed by atoms with E-state index in [0.29, 0.717) is 0 Å². The van der Waals surface area contributed by atoms with Gasteiger partial charge in [-0.15, -0.1) is 0 Å². The molecule has 0 saturated carbocycles. The predicted molar refractivity (Wildman–Crippen MR) is 51.7 cm³/mol. The zero-order chi connectivity index (χ0) is 11.5. The van der Waals surface area contributed by atoms with Gasteiger partial charge >= 0.3 is 11.9 Å². The van der Waals surface area contributed by atoms with Gasteiger partial charge in [0.2, 0.25) is 0 Å². The highest BCUT2D eigenvalue weighted by Crippen LogP contribution is 2.20. The summed E-state index contributed by atoms with van der Waals surface area (Å²) in [4.78, 5) is 21.7. The molecule has 0 radical (unpaired) electrons. The fourth-order valence-electron chi connectivity index (χ4n) is 1.14. The average Bonchev–Trinajstić information content (AvgIpc) is 2.17. The van der Waals surface area contributed by atoms with Crippen molar-refractivity contribution in [3.05, 3.63) is 35.9 Å². The van der Waals surface area contributed by atoms with Gasteiger partial charge in [-0.3, -0.25) is 10.5 Å². The summed E-state index contributed by atoms with van der Waals surface area (Å²) in [5.41, 5.74) is 3.62. The normalized spacial score (nSPS) is 14.0. The smallest absolute Gasteiger partial charge is 0.368 e. The standard InChI is InChI=1S/C10H11NO4/c1-7(12)15-10(11,9(13)14)8-5-3-2-4-6-8/h2-6H,11H2,1H3,(H,13,14). The minimum Gasteiger partial charge on any atom is -0.477 e. The number of nitrogens with two attached hydrogens (primary N) is 1. The van der Waals surface area contributed by atoms with Crippen molar-refractivity contribution < 1.29 is 19.4 Å². The molecule has 0 aliphatic carbocycles. The number of hydrogen-bond donors (Lipinski definition) is 2. The molecule has 1 rings (SSSR count). The quantitative estimate of drug-likeness (QED) is 0.557. The molecule has 5 nitrogen and oxygen atoms in total. The third-order valence-corrected chi connectivity index (χ3v) is 1.83. The summed E-state index contributed by atoms with van der Waals surface area (Å²) in [6, 6.07) is 7.90. The Hall–Kier alpha value is -1.88. The van der Waals surface area contributed by atoms with Crippen LogP contribution in [0.2, 0.25) is 0 Å². The van der Waals surface area contributed by atoms with Crippen LogP contribution in [-0.2, 0) is 20.1 Å². The highest BCUT2D eigenvalue weighted by Gasteiger charge is 2.39. The van der Waals surface area contributed by atoms with Gasteiger partial charge in [0.1, 0.15) is 0 Å². The van der Waals surface area contributed by atoms with E-state index in [4.69, 9.17) is 10.8 Å². The first-order valence-corrected chi connectivity index (χ1v) is 4.24. The summed E-state index contributed by atoms with van der Waals surface area (Å²) in [6.45, 7) is 1.10. The summed E-state index contributed by atoms with van der Waals surface area (Å²) in [6.07, 6.45) is 0. The van der Waals surface area contributed by atoms with Crippen LogP contribution in [0.25, 0.3) is 0 Å². The highest BCUT2D eigenvalue weighted by molar-refractivity contribution is 5.82. The lowest BCUT2D eigenvalue weighted by atomic mass is 10.0. The molecule has 0 bridgehead atoms. The van der Waals surface area contributed by atoms with Crippen LogP contribution in [0.1, 0.15) is 12.5 Å². The second-order valence-corrected chi connectivity index (χ2v) is 3.00. The molecule has 1 atom stereocenters. The third kappa shape index (κ3) is 2.32. The Kier molecular flexibility index (Phi) is 3.06. The number of hydrogen-bond acceptors (Lipinski definition) is 4. The van der Waals surface area contributed by atoms with Crippen LogP contribution < -0.4 is 5.73 Å². The molecule has 1 aromatic rings. The molecule has 0 aliphatic rings. The van der Waals surface area contributed by atoms with E-state index >= 15 is 0 Å². The minimum absolute atomic E-state index is 0.215. The molecule has 0 saturated heterocycles. The van der Waals surface area contributed by atoms with Crippen molar-refractivity contribution in [1.29, 1.82) is 0 Å². The molecular formula is C10H11NO4. The van der Waals surface area contributed by atoms with Crippen LogP contribution in [-0.4, -0.2) is 17.0 Å². The Morgan fingerprint density at radius 2 is 1.87 bits per heavy atom. The third-order valence-electron chi connectivity index (χ3n) is 1.83. The monoisotopic (exact) mass is 209 g/mol. The van der Waals surface area contributed by atoms with Gasteiger partial charge < -0.3 is 9.84 Å². The molecule has 0 heterocycles. The lowest BCUT2D eigenvalue weighted by Crippen LogP contribution is -2.48. The number of ether oxygens (including phenoxy) is 1. The summed E-state index contributed by atoms with van der Waals surface area (Å²) >= 11 is 0. The molecule has 1 unspecified atom stereocenters. The van der Waals surface area contributed by atoms with Gasteiger partial charge in [0.15, 0.2) is 0 Å². The fourth-order valence-corrected chi connectivity index (χ4v) is 1.14. The van der Waals surface area contributed by atoms with Gasteiger partial charge in [-0.05, 0) is 0 Å². The Morgan fingerprint density at radius 3 is 2.27 bits per heavy atom. The number of esters is 1. The maximum atomic E-state index is 11.0. The Bertz CT molecular complexity index is 376. The highest BCUT2D eigenvalue weighted by atomic mass is 16.6. The van der Waals surface area contributed by atoms with Crippen molar-refractivity contribution in [3.63, 3.8) is 0 Å². The first kappa shape index (κ1) is 11.2. The lowest BCUT2D eigenvalue weighted by molar-refractivity contribution is -0.178. The molecule has 5 heteroatoms. The molecule has 0 spiro atoms. The fraction of sp³-hybridized carbons (Fsp3) is 0.200. The van der Waals surface area contributed by atoms with Crippen molar-refractivity contribution in [2.24, 2.45) is 5.73 Å². The predicted octanol–water partition coefficient (Wildman–Crippen LogP) is 0.446. The van der Waals surface area contributed by atoms with E-state index in [1.165, 1.54) is 12.1 Å². The molecule has 0 aliphatic heterocycles. The van der Waals surface area contributed by atoms with E-state index < -0.39 is 17.7 Å². The Balaban J connectivity index is 3.13. The van der Waals surface area contributed by atoms with Crippen LogP contribution >= 0.6 is 0 Å². The van der Waals surface area contributed by atoms with Gasteiger partial charge in [0.05, 0.1) is 0 Å². The van der Waals surface area contributed by atoms with Crippen molar-refractivity contribution in [3.8, 4) is 0 Å². The average molecular weight is 209 g/mol. The van der Waals surface area contributed by atoms with E-state index in [1.54, 1.807) is 18.2 Å². The van der Waals surface area contributed by atoms with Crippen molar-refractivity contribution >= 4 is 11.9 Å². The van der Waals surface area contributed by atoms with Gasteiger partial charge in [-0.25, -0.2) is 4.79 Å². The summed E-state index contributed by atoms with van der Waals surface area (Å²) in [5.74, 6) is -2.16. The van der Waals surface area contributed by atoms with Gasteiger partial charge in [0, 0.05) is 12.5 Å². The number of benzene rings is 1. The largest absolute Gasteiger partial charge is 0.477 e. The molecule has 80 valence electrons. The molecule has 15 heavy (non-hydrogen) atoms. The topological polar surface area (TPSA) is 89.6 Å². The van der Waals surface area contributed by atoms with E-state index in [0.717, 1.165) is 6.92 Å². The van der Waals surface area contributed by atoms with Crippen LogP contribution in [0.4, 0.5) is 0 Å². The van der Waals surface area contributed by atoms with Crippen LogP contribution in [0.3, 0.4) is 0 Å². The molecular weight excluding hydrogens is 198 g/mol. The molecule has 0 amide bonds. The number of carbonyl (C=O) groups is 2. The Morgan fingerprint density at radius 1 is 1.33 bits per heavy atom. The van der Waals surface area contributed by atoms with Crippen LogP contribution in [0.15, 0.2) is 30.3 Å².